The molecule has 6 rings (SSSR count). The number of hydrogen-bond donors (Lipinski definition) is 2. The lowest BCUT2D eigenvalue weighted by molar-refractivity contribution is 0.881. The number of H-pyrrole nitrogens is 2. The summed E-state index contributed by atoms with van der Waals surface area (Å²) < 4.78 is 0. The van der Waals surface area contributed by atoms with E-state index >= 15 is 0 Å². The maximum absolute atomic E-state index is 4.65. The van der Waals surface area contributed by atoms with Gasteiger partial charge in [-0.2, -0.15) is 0 Å². The van der Waals surface area contributed by atoms with Gasteiger partial charge in [-0.25, -0.2) is 10.1 Å². The molecule has 0 aliphatic heterocycles. The zero-order valence-electron chi connectivity index (χ0n) is 15.9. The average Bonchev–Trinajstić information content (AvgIpc) is 3.49. The van der Waals surface area contributed by atoms with Crippen LogP contribution in [-0.4, -0.2) is 30.6 Å². The molecule has 0 aliphatic rings. The summed E-state index contributed by atoms with van der Waals surface area (Å²) in [6, 6.07) is 25.3. The van der Waals surface area contributed by atoms with Crippen molar-refractivity contribution in [1.29, 1.82) is 0 Å². The molecule has 2 N–H and O–H groups in total. The Balaban J connectivity index is 1.43. The second kappa shape index (κ2) is 6.63. The Morgan fingerprint density at radius 3 is 2.33 bits per heavy atom. The molecule has 0 fully saturated rings. The molecular formula is C24H16N6. The molecule has 0 unspecified atom stereocenters. The second-order valence-electron chi connectivity index (χ2n) is 7.21. The van der Waals surface area contributed by atoms with Gasteiger partial charge in [-0.1, -0.05) is 60.7 Å². The highest BCUT2D eigenvalue weighted by Gasteiger charge is 2.10. The van der Waals surface area contributed by atoms with Gasteiger partial charge < -0.3 is 4.98 Å². The first kappa shape index (κ1) is 16.6. The van der Waals surface area contributed by atoms with Crippen LogP contribution < -0.4 is 0 Å². The lowest BCUT2D eigenvalue weighted by atomic mass is 9.99. The average molecular weight is 388 g/mol. The Morgan fingerprint density at radius 2 is 1.50 bits per heavy atom. The first-order chi connectivity index (χ1) is 14.8. The highest BCUT2D eigenvalue weighted by molar-refractivity contribution is 5.97. The molecule has 3 heterocycles. The van der Waals surface area contributed by atoms with Crippen LogP contribution in [0.1, 0.15) is 0 Å². The maximum Gasteiger partial charge on any atom is 0.179 e. The monoisotopic (exact) mass is 388 g/mol. The normalized spacial score (nSPS) is 11.3. The van der Waals surface area contributed by atoms with Crippen LogP contribution >= 0.6 is 0 Å². The third kappa shape index (κ3) is 2.74. The first-order valence-corrected chi connectivity index (χ1v) is 9.66. The molecule has 0 atom stereocenters. The lowest BCUT2D eigenvalue weighted by Gasteiger charge is -2.06. The number of rotatable bonds is 3. The zero-order valence-corrected chi connectivity index (χ0v) is 15.9. The van der Waals surface area contributed by atoms with Gasteiger partial charge in [0, 0.05) is 34.5 Å². The van der Waals surface area contributed by atoms with Crippen molar-refractivity contribution in [2.45, 2.75) is 0 Å². The molecular weight excluding hydrogens is 372 g/mol. The quantitative estimate of drug-likeness (QED) is 0.435. The van der Waals surface area contributed by atoms with Crippen molar-refractivity contribution in [2.75, 3.05) is 0 Å². The van der Waals surface area contributed by atoms with E-state index in [1.807, 2.05) is 24.5 Å². The third-order valence-electron chi connectivity index (χ3n) is 5.43. The highest BCUT2D eigenvalue weighted by atomic mass is 15.5. The number of aromatic amines is 2. The fourth-order valence-electron chi connectivity index (χ4n) is 3.86. The van der Waals surface area contributed by atoms with E-state index in [0.717, 1.165) is 38.9 Å². The van der Waals surface area contributed by atoms with E-state index in [1.54, 1.807) is 0 Å². The topological polar surface area (TPSA) is 83.1 Å². The van der Waals surface area contributed by atoms with Crippen molar-refractivity contribution in [1.82, 2.24) is 30.6 Å². The molecule has 0 bridgehead atoms. The van der Waals surface area contributed by atoms with Crippen molar-refractivity contribution in [3.8, 4) is 33.6 Å². The van der Waals surface area contributed by atoms with Gasteiger partial charge in [0.1, 0.15) is 5.65 Å². The fraction of sp³-hybridized carbons (Fsp3) is 0. The van der Waals surface area contributed by atoms with Crippen molar-refractivity contribution >= 4 is 21.8 Å². The zero-order chi connectivity index (χ0) is 19.9. The molecule has 0 aliphatic carbocycles. The standard InChI is InChI=1S/C24H16N6/c1-2-4-18-11-19(10-5-15(18)3-1)20-12-21-22(14-26-24(21)25-13-20)16-6-8-17(9-7-16)23-27-29-30-28-23/h1-14H,(H,25,26)(H,27,28,29,30). The van der Waals surface area contributed by atoms with E-state index in [4.69, 9.17) is 0 Å². The number of aromatic nitrogens is 6. The molecule has 6 aromatic rings. The maximum atomic E-state index is 4.65. The van der Waals surface area contributed by atoms with E-state index in [-0.39, 0.29) is 0 Å². The molecule has 0 saturated carbocycles. The van der Waals surface area contributed by atoms with Gasteiger partial charge in [0.15, 0.2) is 5.82 Å². The van der Waals surface area contributed by atoms with Crippen molar-refractivity contribution in [3.63, 3.8) is 0 Å². The number of fused-ring (bicyclic) bond motifs is 2. The van der Waals surface area contributed by atoms with Crippen molar-refractivity contribution in [2.24, 2.45) is 0 Å². The van der Waals surface area contributed by atoms with E-state index in [0.29, 0.717) is 5.82 Å². The van der Waals surface area contributed by atoms with Crippen LogP contribution in [0.5, 0.6) is 0 Å². The van der Waals surface area contributed by atoms with E-state index < -0.39 is 0 Å². The predicted octanol–water partition coefficient (Wildman–Crippen LogP) is 5.23. The Labute approximate surface area is 171 Å². The molecule has 0 saturated heterocycles. The van der Waals surface area contributed by atoms with Crippen LogP contribution in [0.2, 0.25) is 0 Å². The lowest BCUT2D eigenvalue weighted by Crippen LogP contribution is -1.84. The summed E-state index contributed by atoms with van der Waals surface area (Å²) in [4.78, 5) is 7.94. The molecule has 6 heteroatoms. The fourth-order valence-corrected chi connectivity index (χ4v) is 3.86. The minimum Gasteiger partial charge on any atom is -0.346 e. The van der Waals surface area contributed by atoms with Crippen LogP contribution in [0.3, 0.4) is 0 Å². The van der Waals surface area contributed by atoms with E-state index in [2.05, 4.69) is 91.3 Å². The minimum atomic E-state index is 0.653. The Hall–Kier alpha value is -4.32. The molecule has 30 heavy (non-hydrogen) atoms. The van der Waals surface area contributed by atoms with Crippen molar-refractivity contribution in [3.05, 3.63) is 85.2 Å². The Bertz CT molecular complexity index is 1480. The van der Waals surface area contributed by atoms with Crippen LogP contribution in [0.4, 0.5) is 0 Å². The van der Waals surface area contributed by atoms with Crippen LogP contribution in [0.25, 0.3) is 55.4 Å². The molecule has 0 radical (unpaired) electrons. The summed E-state index contributed by atoms with van der Waals surface area (Å²) in [5.41, 5.74) is 6.29. The molecule has 3 aromatic heterocycles. The van der Waals surface area contributed by atoms with Crippen LogP contribution in [0.15, 0.2) is 85.2 Å². The molecule has 0 amide bonds. The van der Waals surface area contributed by atoms with Crippen LogP contribution in [-0.2, 0) is 0 Å². The molecule has 142 valence electrons. The van der Waals surface area contributed by atoms with Gasteiger partial charge in [0.05, 0.1) is 0 Å². The largest absolute Gasteiger partial charge is 0.346 e. The molecule has 6 nitrogen and oxygen atoms in total. The molecule has 3 aromatic carbocycles. The van der Waals surface area contributed by atoms with Crippen LogP contribution in [0, 0.1) is 0 Å². The Kier molecular flexibility index (Phi) is 3.67. The predicted molar refractivity (Wildman–Crippen MR) is 118 cm³/mol. The Morgan fingerprint density at radius 1 is 0.700 bits per heavy atom. The van der Waals surface area contributed by atoms with Gasteiger partial charge in [0.25, 0.3) is 0 Å². The number of tetrazole rings is 1. The number of benzene rings is 3. The summed E-state index contributed by atoms with van der Waals surface area (Å²) in [7, 11) is 0. The van der Waals surface area contributed by atoms with Crippen molar-refractivity contribution < 1.29 is 0 Å². The SMILES string of the molecule is c1ccc2cc(-c3cnc4[nH]cc(-c5ccc(-c6nnn[nH]6)cc5)c4c3)ccc2c1. The van der Waals surface area contributed by atoms with Gasteiger partial charge >= 0.3 is 0 Å². The number of pyridine rings is 1. The summed E-state index contributed by atoms with van der Waals surface area (Å²) in [6.45, 7) is 0. The summed E-state index contributed by atoms with van der Waals surface area (Å²) in [5.74, 6) is 0.653. The van der Waals surface area contributed by atoms with E-state index in [1.165, 1.54) is 10.8 Å². The highest BCUT2D eigenvalue weighted by Crippen LogP contribution is 2.32. The second-order valence-corrected chi connectivity index (χ2v) is 7.21. The first-order valence-electron chi connectivity index (χ1n) is 9.66. The number of nitrogens with zero attached hydrogens (tertiary/aromatic N) is 4. The summed E-state index contributed by atoms with van der Waals surface area (Å²) in [5, 5.41) is 17.6. The number of hydrogen-bond acceptors (Lipinski definition) is 4. The van der Waals surface area contributed by atoms with Gasteiger partial charge in [-0.05, 0) is 44.5 Å². The van der Waals surface area contributed by atoms with E-state index in [9.17, 15) is 0 Å². The van der Waals surface area contributed by atoms with Gasteiger partial charge in [-0.3, -0.25) is 0 Å². The summed E-state index contributed by atoms with van der Waals surface area (Å²) in [6.07, 6.45) is 3.93. The number of nitrogens with one attached hydrogen (secondary N) is 2. The molecule has 0 spiro atoms. The van der Waals surface area contributed by atoms with Gasteiger partial charge in [-0.15, -0.1) is 5.10 Å². The third-order valence-corrected chi connectivity index (χ3v) is 5.43. The smallest absolute Gasteiger partial charge is 0.179 e. The van der Waals surface area contributed by atoms with Gasteiger partial charge in [0.2, 0.25) is 0 Å². The minimum absolute atomic E-state index is 0.653. The summed E-state index contributed by atoms with van der Waals surface area (Å²) >= 11 is 0.